The normalized spacial score (nSPS) is 30.2. The van der Waals surface area contributed by atoms with E-state index in [0.29, 0.717) is 29.8 Å². The lowest BCUT2D eigenvalue weighted by Crippen LogP contribution is -2.36. The lowest BCUT2D eigenvalue weighted by molar-refractivity contribution is -0.161. The van der Waals surface area contributed by atoms with E-state index in [4.69, 9.17) is 23.7 Å². The number of esters is 3. The molecule has 7 heterocycles. The lowest BCUT2D eigenvalue weighted by atomic mass is 9.99. The van der Waals surface area contributed by atoms with Crippen LogP contribution in [0.4, 0.5) is 9.59 Å². The van der Waals surface area contributed by atoms with Crippen molar-refractivity contribution < 1.29 is 52.8 Å². The quantitative estimate of drug-likeness (QED) is 0.0171. The van der Waals surface area contributed by atoms with E-state index in [1.165, 1.54) is 38.5 Å². The van der Waals surface area contributed by atoms with Gasteiger partial charge in [-0.1, -0.05) is 90.4 Å². The van der Waals surface area contributed by atoms with E-state index in [1.807, 2.05) is 36.5 Å². The van der Waals surface area contributed by atoms with Gasteiger partial charge in [-0.3, -0.25) is 9.59 Å². The maximum Gasteiger partial charge on any atom is 0.334 e. The number of amides is 4. The van der Waals surface area contributed by atoms with Crippen LogP contribution in [0.2, 0.25) is 0 Å². The highest BCUT2D eigenvalue weighted by Crippen LogP contribution is 2.37. The van der Waals surface area contributed by atoms with Crippen molar-refractivity contribution in [2.45, 2.75) is 303 Å². The number of ether oxygens (including phenoxy) is 5. The highest BCUT2D eigenvalue weighted by atomic mass is 32.2. The molecule has 0 aromatic heterocycles. The minimum atomic E-state index is -0.602. The Balaban J connectivity index is 0.789. The largest absolute Gasteiger partial charge is 0.462 e. The molecular weight excluding hydrogens is 981 g/mol. The molecule has 420 valence electrons. The van der Waals surface area contributed by atoms with E-state index in [1.54, 1.807) is 0 Å². The molecule has 15 nitrogen and oxygen atoms in total. The summed E-state index contributed by atoms with van der Waals surface area (Å²) < 4.78 is 30.9. The fraction of sp³-hybridized carbons (Fsp3) is 0.877. The van der Waals surface area contributed by atoms with E-state index in [-0.39, 0.29) is 96.9 Å². The molecule has 74 heavy (non-hydrogen) atoms. The van der Waals surface area contributed by atoms with Crippen molar-refractivity contribution >= 4 is 53.5 Å². The Labute approximate surface area is 451 Å². The number of unbranched alkanes of at least 4 members (excludes halogenated alkanes) is 14. The molecule has 0 spiro atoms. The second kappa shape index (κ2) is 31.6. The third-order valence-corrected chi connectivity index (χ3v) is 19.7. The Morgan fingerprint density at radius 2 is 1.15 bits per heavy atom. The molecule has 7 aliphatic rings. The zero-order valence-corrected chi connectivity index (χ0v) is 46.7. The predicted molar refractivity (Wildman–Crippen MR) is 291 cm³/mol. The van der Waals surface area contributed by atoms with Gasteiger partial charge in [0.25, 0.3) is 0 Å². The number of fused-ring (bicyclic) bond motifs is 2. The van der Waals surface area contributed by atoms with Gasteiger partial charge in [0.05, 0.1) is 54.7 Å². The summed E-state index contributed by atoms with van der Waals surface area (Å²) >= 11 is 3.81. The first kappa shape index (κ1) is 58.9. The van der Waals surface area contributed by atoms with Gasteiger partial charge >= 0.3 is 30.0 Å². The van der Waals surface area contributed by atoms with Crippen LogP contribution in [-0.2, 0) is 38.1 Å². The first-order valence-corrected chi connectivity index (χ1v) is 31.8. The monoisotopic (exact) mass is 1070 g/mol. The van der Waals surface area contributed by atoms with Gasteiger partial charge in [-0.15, -0.1) is 0 Å². The van der Waals surface area contributed by atoms with Gasteiger partial charge in [0.2, 0.25) is 0 Å². The van der Waals surface area contributed by atoms with Gasteiger partial charge in [-0.25, -0.2) is 14.4 Å². The zero-order chi connectivity index (χ0) is 52.1. The fourth-order valence-electron chi connectivity index (χ4n) is 12.5. The van der Waals surface area contributed by atoms with Gasteiger partial charge < -0.3 is 50.1 Å². The van der Waals surface area contributed by atoms with E-state index >= 15 is 0 Å². The van der Waals surface area contributed by atoms with Crippen molar-refractivity contribution in [3.63, 3.8) is 0 Å². The maximum absolute atomic E-state index is 13.4. The van der Waals surface area contributed by atoms with Gasteiger partial charge in [-0.2, -0.15) is 23.5 Å². The molecular formula is C57H94N4O11S2. The summed E-state index contributed by atoms with van der Waals surface area (Å²) in [5, 5.41) is 24.3. The average Bonchev–Trinajstić information content (AvgIpc) is 4.26. The Morgan fingerprint density at radius 1 is 0.622 bits per heavy atom. The van der Waals surface area contributed by atoms with E-state index < -0.39 is 6.10 Å². The van der Waals surface area contributed by atoms with Crippen molar-refractivity contribution in [2.75, 3.05) is 11.5 Å². The second-order valence-electron chi connectivity index (χ2n) is 22.7. The summed E-state index contributed by atoms with van der Waals surface area (Å²) in [5.74, 6) is 1.43. The molecule has 0 radical (unpaired) electrons. The number of hydrogen-bond acceptors (Lipinski definition) is 13. The molecule has 0 saturated carbocycles. The number of nitrogens with one attached hydrogen (secondary N) is 4. The second-order valence-corrected chi connectivity index (χ2v) is 25.2. The Morgan fingerprint density at radius 3 is 1.74 bits per heavy atom. The Hall–Kier alpha value is -2.73. The third-order valence-electron chi connectivity index (χ3n) is 16.7. The Bertz CT molecular complexity index is 1790. The van der Waals surface area contributed by atoms with Crippen LogP contribution in [0, 0.1) is 0 Å². The number of carbonyl (C=O) groups excluding carboxylic acids is 5. The van der Waals surface area contributed by atoms with Crippen LogP contribution >= 0.6 is 23.5 Å². The molecule has 7 rings (SSSR count). The molecule has 0 unspecified atom stereocenters. The van der Waals surface area contributed by atoms with Crippen LogP contribution in [0.1, 0.15) is 219 Å². The molecule has 6 fully saturated rings. The number of urea groups is 2. The molecule has 4 amide bonds. The molecule has 0 aliphatic carbocycles. The standard InChI is InChI=1S/C57H94N4O11S2/c1-3-4-5-15-23-40(69-51(63)29-19-17-27-49-53-41(36-73-49)58-56(66)60-53)24-21-25-43(62)44-31-32-47(70-44)48-34-33-46(71-48)45(72-52(64)30-20-18-28-50-54-42(37-74-50)59-57(67)61-54)26-16-13-11-9-7-6-8-10-12-14-22-39-35-38(2)68-55(39)65/h35,38,40-50,53-54,62H,3-34,36-37H2,1-2H3,(H2,58,60,66)(H2,59,61,67)/t38-,40-,41-,42-,43-,44+,45+,46+,47+,48+,49-,50-,53-,54-/m0/s1. The number of carbonyl (C=O) groups is 5. The number of thioether (sulfide) groups is 2. The summed E-state index contributed by atoms with van der Waals surface area (Å²) in [6.07, 6.45) is 30.0. The highest BCUT2D eigenvalue weighted by molar-refractivity contribution is 8.00. The third kappa shape index (κ3) is 19.0. The van der Waals surface area contributed by atoms with E-state index in [0.717, 1.165) is 165 Å². The van der Waals surface area contributed by atoms with Crippen LogP contribution < -0.4 is 21.3 Å². The van der Waals surface area contributed by atoms with Crippen molar-refractivity contribution in [2.24, 2.45) is 0 Å². The van der Waals surface area contributed by atoms with Crippen molar-refractivity contribution in [3.8, 4) is 0 Å². The lowest BCUT2D eigenvalue weighted by Gasteiger charge is -2.26. The van der Waals surface area contributed by atoms with Gasteiger partial charge in [-0.05, 0) is 122 Å². The van der Waals surface area contributed by atoms with Crippen LogP contribution in [0.3, 0.4) is 0 Å². The molecule has 7 aliphatic heterocycles. The smallest absolute Gasteiger partial charge is 0.334 e. The molecule has 14 atom stereocenters. The topological polar surface area (TPSA) is 200 Å². The van der Waals surface area contributed by atoms with Crippen LogP contribution in [-0.4, -0.2) is 130 Å². The number of cyclic esters (lactones) is 1. The first-order chi connectivity index (χ1) is 36.0. The average molecular weight is 1080 g/mol. The van der Waals surface area contributed by atoms with Crippen molar-refractivity contribution in [1.82, 2.24) is 21.3 Å². The predicted octanol–water partition coefficient (Wildman–Crippen LogP) is 10.4. The van der Waals surface area contributed by atoms with Gasteiger partial charge in [0.1, 0.15) is 18.3 Å². The summed E-state index contributed by atoms with van der Waals surface area (Å²) in [6.45, 7) is 4.11. The van der Waals surface area contributed by atoms with Crippen molar-refractivity contribution in [3.05, 3.63) is 11.6 Å². The van der Waals surface area contributed by atoms with Gasteiger partial charge in [0.15, 0.2) is 0 Å². The number of rotatable bonds is 37. The molecule has 0 aromatic rings. The fourth-order valence-corrected chi connectivity index (χ4v) is 15.6. The first-order valence-electron chi connectivity index (χ1n) is 29.7. The van der Waals surface area contributed by atoms with Crippen LogP contribution in [0.25, 0.3) is 0 Å². The summed E-state index contributed by atoms with van der Waals surface area (Å²) in [4.78, 5) is 61.9. The number of aliphatic hydroxyl groups excluding tert-OH is 1. The van der Waals surface area contributed by atoms with Crippen molar-refractivity contribution in [1.29, 1.82) is 0 Å². The zero-order valence-electron chi connectivity index (χ0n) is 45.0. The highest BCUT2D eigenvalue weighted by Gasteiger charge is 2.45. The maximum atomic E-state index is 13.4. The molecule has 6 saturated heterocycles. The SMILES string of the molecule is CCCCCC[C@@H](CCC[C@H](O)[C@H]1CC[C@H]([C@H]2CC[C@H]([C@@H](CCCCCCCCCCCCC3=C[C@H](C)OC3=O)OC(=O)CCCC[C@@H]3SC[C@@H]4NC(=O)N[C@@H]43)O2)O1)OC(=O)CCCC[C@@H]1SC[C@@H]2NC(=O)N[C@@H]21. The minimum Gasteiger partial charge on any atom is -0.462 e. The minimum absolute atomic E-state index is 0.0693. The molecule has 17 heteroatoms. The van der Waals surface area contributed by atoms with E-state index in [9.17, 15) is 29.1 Å². The molecule has 0 aromatic carbocycles. The summed E-state index contributed by atoms with van der Waals surface area (Å²) in [7, 11) is 0. The Kier molecular flexibility index (Phi) is 25.2. The summed E-state index contributed by atoms with van der Waals surface area (Å²) in [6, 6.07) is 0.624. The summed E-state index contributed by atoms with van der Waals surface area (Å²) in [5.41, 5.74) is 0.841. The number of hydrogen-bond donors (Lipinski definition) is 5. The van der Waals surface area contributed by atoms with Crippen LogP contribution in [0.5, 0.6) is 0 Å². The molecule has 5 N–H and O–H groups in total. The van der Waals surface area contributed by atoms with Crippen LogP contribution in [0.15, 0.2) is 11.6 Å². The number of aliphatic hydroxyl groups is 1. The van der Waals surface area contributed by atoms with Gasteiger partial charge in [0, 0.05) is 40.4 Å². The molecule has 0 bridgehead atoms. The van der Waals surface area contributed by atoms with E-state index in [2.05, 4.69) is 28.2 Å².